The molecule has 1 aliphatic rings. The maximum Gasteiger partial charge on any atom is 0.145 e. The van der Waals surface area contributed by atoms with E-state index in [0.717, 1.165) is 5.57 Å². The molecular weight excluding hydrogens is 180 g/mol. The van der Waals surface area contributed by atoms with Crippen LogP contribution < -0.4 is 5.73 Å². The Kier molecular flexibility index (Phi) is 3.59. The standard InChI is InChI=1S/C10H14N2O2/c1-2-10(13)8-4-3-7(6-11)5-9(8)12-14/h3-5,8,14H,2,6,11H2,1H3/b12-9+. The molecule has 14 heavy (non-hydrogen) atoms. The Hall–Kier alpha value is -1.42. The summed E-state index contributed by atoms with van der Waals surface area (Å²) in [5.41, 5.74) is 6.67. The van der Waals surface area contributed by atoms with Gasteiger partial charge in [0.05, 0.1) is 11.6 Å². The van der Waals surface area contributed by atoms with E-state index < -0.39 is 5.92 Å². The van der Waals surface area contributed by atoms with Crippen molar-refractivity contribution in [3.05, 3.63) is 23.8 Å². The summed E-state index contributed by atoms with van der Waals surface area (Å²) < 4.78 is 0. The van der Waals surface area contributed by atoms with Gasteiger partial charge in [-0.1, -0.05) is 24.2 Å². The molecule has 0 aromatic heterocycles. The Bertz CT molecular complexity index is 316. The molecule has 0 fully saturated rings. The second-order valence-corrected chi connectivity index (χ2v) is 3.10. The maximum atomic E-state index is 11.4. The highest BCUT2D eigenvalue weighted by molar-refractivity contribution is 6.13. The van der Waals surface area contributed by atoms with Crippen LogP contribution in [0.2, 0.25) is 0 Å². The fourth-order valence-corrected chi connectivity index (χ4v) is 1.36. The number of rotatable bonds is 3. The molecule has 1 atom stereocenters. The minimum atomic E-state index is -0.416. The van der Waals surface area contributed by atoms with Gasteiger partial charge in [-0.2, -0.15) is 0 Å². The number of Topliss-reactive ketones (excluding diaryl/α,β-unsaturated/α-hetero) is 1. The molecule has 1 unspecified atom stereocenters. The lowest BCUT2D eigenvalue weighted by Crippen LogP contribution is -2.23. The average molecular weight is 194 g/mol. The van der Waals surface area contributed by atoms with E-state index in [1.54, 1.807) is 25.2 Å². The summed E-state index contributed by atoms with van der Waals surface area (Å²) in [6, 6.07) is 0. The third-order valence-corrected chi connectivity index (χ3v) is 2.20. The third kappa shape index (κ3) is 2.09. The van der Waals surface area contributed by atoms with Gasteiger partial charge in [0, 0.05) is 13.0 Å². The second kappa shape index (κ2) is 4.72. The van der Waals surface area contributed by atoms with Crippen LogP contribution in [-0.4, -0.2) is 23.2 Å². The molecule has 76 valence electrons. The summed E-state index contributed by atoms with van der Waals surface area (Å²) in [5.74, 6) is -0.373. The molecule has 0 heterocycles. The lowest BCUT2D eigenvalue weighted by atomic mass is 9.90. The first-order valence-electron chi connectivity index (χ1n) is 4.56. The molecule has 0 radical (unpaired) electrons. The third-order valence-electron chi connectivity index (χ3n) is 2.20. The Morgan fingerprint density at radius 2 is 2.43 bits per heavy atom. The second-order valence-electron chi connectivity index (χ2n) is 3.10. The van der Waals surface area contributed by atoms with Crippen molar-refractivity contribution < 1.29 is 10.0 Å². The molecule has 0 aliphatic heterocycles. The Morgan fingerprint density at radius 1 is 1.71 bits per heavy atom. The molecule has 3 N–H and O–H groups in total. The van der Waals surface area contributed by atoms with E-state index in [-0.39, 0.29) is 5.78 Å². The van der Waals surface area contributed by atoms with E-state index in [4.69, 9.17) is 10.9 Å². The van der Waals surface area contributed by atoms with Crippen molar-refractivity contribution in [2.45, 2.75) is 13.3 Å². The normalized spacial score (nSPS) is 23.7. The van der Waals surface area contributed by atoms with Crippen LogP contribution in [0.5, 0.6) is 0 Å². The zero-order valence-corrected chi connectivity index (χ0v) is 8.10. The van der Waals surface area contributed by atoms with Gasteiger partial charge in [-0.15, -0.1) is 0 Å². The van der Waals surface area contributed by atoms with Gasteiger partial charge in [0.1, 0.15) is 5.78 Å². The molecule has 1 aliphatic carbocycles. The van der Waals surface area contributed by atoms with Crippen LogP contribution in [0.3, 0.4) is 0 Å². The van der Waals surface area contributed by atoms with Crippen LogP contribution in [0.15, 0.2) is 29.0 Å². The van der Waals surface area contributed by atoms with Crippen molar-refractivity contribution >= 4 is 11.5 Å². The predicted molar refractivity (Wildman–Crippen MR) is 54.3 cm³/mol. The van der Waals surface area contributed by atoms with Gasteiger partial charge in [0.25, 0.3) is 0 Å². The number of allylic oxidation sites excluding steroid dienone is 2. The molecule has 4 heteroatoms. The first-order chi connectivity index (χ1) is 6.72. The van der Waals surface area contributed by atoms with E-state index in [2.05, 4.69) is 5.16 Å². The molecule has 0 amide bonds. The average Bonchev–Trinajstić information content (AvgIpc) is 2.27. The van der Waals surface area contributed by atoms with Gasteiger partial charge in [0.2, 0.25) is 0 Å². The fraction of sp³-hybridized carbons (Fsp3) is 0.400. The van der Waals surface area contributed by atoms with Crippen LogP contribution in [0.25, 0.3) is 0 Å². The highest BCUT2D eigenvalue weighted by Crippen LogP contribution is 2.16. The van der Waals surface area contributed by atoms with Gasteiger partial charge < -0.3 is 10.9 Å². The number of nitrogens with zero attached hydrogens (tertiary/aromatic N) is 1. The number of hydrogen-bond donors (Lipinski definition) is 2. The minimum Gasteiger partial charge on any atom is -0.411 e. The van der Waals surface area contributed by atoms with Crippen molar-refractivity contribution in [2.24, 2.45) is 16.8 Å². The van der Waals surface area contributed by atoms with Crippen LogP contribution in [-0.2, 0) is 4.79 Å². The molecule has 4 nitrogen and oxygen atoms in total. The monoisotopic (exact) mass is 194 g/mol. The molecule has 0 bridgehead atoms. The number of carbonyl (C=O) groups is 1. The van der Waals surface area contributed by atoms with Crippen LogP contribution in [0, 0.1) is 5.92 Å². The van der Waals surface area contributed by atoms with Crippen molar-refractivity contribution in [3.63, 3.8) is 0 Å². The van der Waals surface area contributed by atoms with E-state index in [0.29, 0.717) is 18.7 Å². The number of oxime groups is 1. The van der Waals surface area contributed by atoms with Crippen molar-refractivity contribution in [1.29, 1.82) is 0 Å². The molecule has 0 aromatic carbocycles. The van der Waals surface area contributed by atoms with Crippen molar-refractivity contribution in [2.75, 3.05) is 6.54 Å². The van der Waals surface area contributed by atoms with E-state index in [1.807, 2.05) is 0 Å². The maximum absolute atomic E-state index is 11.4. The highest BCUT2D eigenvalue weighted by atomic mass is 16.4. The zero-order valence-electron chi connectivity index (χ0n) is 8.10. The topological polar surface area (TPSA) is 75.7 Å². The van der Waals surface area contributed by atoms with Crippen molar-refractivity contribution in [1.82, 2.24) is 0 Å². The summed E-state index contributed by atoms with van der Waals surface area (Å²) in [7, 11) is 0. The molecule has 0 spiro atoms. The summed E-state index contributed by atoms with van der Waals surface area (Å²) in [6.07, 6.45) is 5.61. The number of nitrogens with two attached hydrogens (primary N) is 1. The molecule has 0 saturated carbocycles. The number of carbonyl (C=O) groups excluding carboxylic acids is 1. The van der Waals surface area contributed by atoms with Gasteiger partial charge in [0.15, 0.2) is 0 Å². The molecule has 0 aromatic rings. The molecular formula is C10H14N2O2. The first kappa shape index (κ1) is 10.7. The molecule has 0 saturated heterocycles. The van der Waals surface area contributed by atoms with Gasteiger partial charge >= 0.3 is 0 Å². The highest BCUT2D eigenvalue weighted by Gasteiger charge is 2.21. The van der Waals surface area contributed by atoms with E-state index >= 15 is 0 Å². The lowest BCUT2D eigenvalue weighted by molar-refractivity contribution is -0.119. The SMILES string of the molecule is CCC(=O)C1C=CC(CN)=C/C1=N\O. The van der Waals surface area contributed by atoms with Crippen LogP contribution >= 0.6 is 0 Å². The van der Waals surface area contributed by atoms with Crippen LogP contribution in [0.1, 0.15) is 13.3 Å². The predicted octanol–water partition coefficient (Wildman–Crippen LogP) is 0.867. The summed E-state index contributed by atoms with van der Waals surface area (Å²) in [4.78, 5) is 11.4. The van der Waals surface area contributed by atoms with E-state index in [1.165, 1.54) is 0 Å². The Balaban J connectivity index is 2.90. The van der Waals surface area contributed by atoms with Crippen molar-refractivity contribution in [3.8, 4) is 0 Å². The minimum absolute atomic E-state index is 0.0429. The number of ketones is 1. The smallest absolute Gasteiger partial charge is 0.145 e. The quantitative estimate of drug-likeness (QED) is 0.517. The lowest BCUT2D eigenvalue weighted by Gasteiger charge is -2.14. The van der Waals surface area contributed by atoms with E-state index in [9.17, 15) is 4.79 Å². The summed E-state index contributed by atoms with van der Waals surface area (Å²) >= 11 is 0. The Morgan fingerprint density at radius 3 is 2.93 bits per heavy atom. The largest absolute Gasteiger partial charge is 0.411 e. The number of hydrogen-bond acceptors (Lipinski definition) is 4. The Labute approximate surface area is 82.8 Å². The first-order valence-corrected chi connectivity index (χ1v) is 4.56. The molecule has 1 rings (SSSR count). The van der Waals surface area contributed by atoms with Gasteiger partial charge in [-0.3, -0.25) is 4.79 Å². The van der Waals surface area contributed by atoms with Crippen LogP contribution in [0.4, 0.5) is 0 Å². The summed E-state index contributed by atoms with van der Waals surface area (Å²) in [6.45, 7) is 2.16. The van der Waals surface area contributed by atoms with Gasteiger partial charge in [-0.05, 0) is 11.6 Å². The zero-order chi connectivity index (χ0) is 10.6. The summed E-state index contributed by atoms with van der Waals surface area (Å²) in [5, 5.41) is 11.8. The van der Waals surface area contributed by atoms with Gasteiger partial charge in [-0.25, -0.2) is 0 Å². The fourth-order valence-electron chi connectivity index (χ4n) is 1.36.